The summed E-state index contributed by atoms with van der Waals surface area (Å²) in [5.74, 6) is -0.194. The van der Waals surface area contributed by atoms with E-state index in [1.807, 2.05) is 13.8 Å². The van der Waals surface area contributed by atoms with Crippen LogP contribution in [0.5, 0.6) is 0 Å². The highest BCUT2D eigenvalue weighted by molar-refractivity contribution is 5.89. The second-order valence-electron chi connectivity index (χ2n) is 4.70. The summed E-state index contributed by atoms with van der Waals surface area (Å²) in [4.78, 5) is 23.5. The van der Waals surface area contributed by atoms with Gasteiger partial charge in [-0.25, -0.2) is 0 Å². The third kappa shape index (κ3) is 4.34. The molecule has 0 radical (unpaired) electrons. The Morgan fingerprint density at radius 1 is 1.35 bits per heavy atom. The van der Waals surface area contributed by atoms with E-state index < -0.39 is 6.04 Å². The van der Waals surface area contributed by atoms with Crippen molar-refractivity contribution in [3.8, 4) is 0 Å². The topological polar surface area (TPSA) is 70.2 Å². The van der Waals surface area contributed by atoms with Crippen molar-refractivity contribution in [2.75, 3.05) is 6.54 Å². The molecule has 5 heteroatoms. The maximum absolute atomic E-state index is 11.8. The van der Waals surface area contributed by atoms with Crippen LogP contribution in [0.1, 0.15) is 40.0 Å². The van der Waals surface area contributed by atoms with Gasteiger partial charge in [0.1, 0.15) is 6.04 Å². The van der Waals surface area contributed by atoms with Gasteiger partial charge in [-0.2, -0.15) is 0 Å². The number of carbonyl (C=O) groups excluding carboxylic acids is 2. The third-order valence-corrected chi connectivity index (χ3v) is 3.13. The van der Waals surface area contributed by atoms with Crippen LogP contribution in [0.15, 0.2) is 0 Å². The molecule has 0 aromatic rings. The lowest BCUT2D eigenvalue weighted by Gasteiger charge is -2.19. The first-order valence-electron chi connectivity index (χ1n) is 6.38. The fourth-order valence-corrected chi connectivity index (χ4v) is 1.76. The molecule has 3 atom stereocenters. The maximum Gasteiger partial charge on any atom is 0.242 e. The van der Waals surface area contributed by atoms with Crippen LogP contribution in [0, 0.1) is 0 Å². The van der Waals surface area contributed by atoms with Crippen molar-refractivity contribution < 1.29 is 9.59 Å². The Kier molecular flexibility index (Phi) is 5.41. The minimum atomic E-state index is -0.473. The highest BCUT2D eigenvalue weighted by atomic mass is 16.2. The number of hydrogen-bond donors (Lipinski definition) is 3. The summed E-state index contributed by atoms with van der Waals surface area (Å²) in [6, 6.07) is -0.459. The van der Waals surface area contributed by atoms with Gasteiger partial charge in [0.05, 0.1) is 6.04 Å². The van der Waals surface area contributed by atoms with Crippen LogP contribution in [0.3, 0.4) is 0 Å². The van der Waals surface area contributed by atoms with Gasteiger partial charge in [0, 0.05) is 6.04 Å². The second kappa shape index (κ2) is 6.59. The molecule has 17 heavy (non-hydrogen) atoms. The molecule has 0 aliphatic carbocycles. The Hall–Kier alpha value is -1.10. The number of nitrogens with one attached hydrogen (secondary N) is 3. The summed E-state index contributed by atoms with van der Waals surface area (Å²) in [6.07, 6.45) is 2.76. The molecule has 0 aromatic carbocycles. The number of carbonyl (C=O) groups is 2. The summed E-state index contributed by atoms with van der Waals surface area (Å²) in [5.41, 5.74) is 0. The van der Waals surface area contributed by atoms with Gasteiger partial charge in [0.2, 0.25) is 11.8 Å². The summed E-state index contributed by atoms with van der Waals surface area (Å²) in [6.45, 7) is 6.55. The van der Waals surface area contributed by atoms with Crippen molar-refractivity contribution in [3.05, 3.63) is 0 Å². The van der Waals surface area contributed by atoms with Crippen LogP contribution in [-0.2, 0) is 9.59 Å². The molecule has 1 aliphatic rings. The fourth-order valence-electron chi connectivity index (χ4n) is 1.76. The average Bonchev–Trinajstić information content (AvgIpc) is 2.82. The Morgan fingerprint density at radius 2 is 2.06 bits per heavy atom. The molecule has 3 N–H and O–H groups in total. The quantitative estimate of drug-likeness (QED) is 0.642. The first-order chi connectivity index (χ1) is 8.04. The molecule has 0 bridgehead atoms. The predicted molar refractivity (Wildman–Crippen MR) is 66.5 cm³/mol. The van der Waals surface area contributed by atoms with Gasteiger partial charge in [-0.05, 0) is 39.7 Å². The molecule has 5 nitrogen and oxygen atoms in total. The van der Waals surface area contributed by atoms with E-state index in [-0.39, 0.29) is 23.9 Å². The van der Waals surface area contributed by atoms with Crippen LogP contribution in [-0.4, -0.2) is 36.5 Å². The van der Waals surface area contributed by atoms with Crippen molar-refractivity contribution in [2.24, 2.45) is 0 Å². The first kappa shape index (κ1) is 14.0. The highest BCUT2D eigenvalue weighted by Gasteiger charge is 2.25. The predicted octanol–water partition coefficient (Wildman–Crippen LogP) is 0.158. The van der Waals surface area contributed by atoms with E-state index in [1.54, 1.807) is 6.92 Å². The van der Waals surface area contributed by atoms with E-state index in [4.69, 9.17) is 0 Å². The molecule has 1 rings (SSSR count). The minimum absolute atomic E-state index is 0.0747. The molecular weight excluding hydrogens is 218 g/mol. The fraction of sp³-hybridized carbons (Fsp3) is 0.833. The van der Waals surface area contributed by atoms with Gasteiger partial charge in [0.25, 0.3) is 0 Å². The Bertz CT molecular complexity index is 275. The average molecular weight is 241 g/mol. The molecule has 1 heterocycles. The van der Waals surface area contributed by atoms with Crippen LogP contribution < -0.4 is 16.0 Å². The smallest absolute Gasteiger partial charge is 0.242 e. The van der Waals surface area contributed by atoms with Crippen LogP contribution in [0.4, 0.5) is 0 Å². The molecule has 2 amide bonds. The van der Waals surface area contributed by atoms with Crippen molar-refractivity contribution in [3.63, 3.8) is 0 Å². The molecule has 0 aromatic heterocycles. The van der Waals surface area contributed by atoms with E-state index >= 15 is 0 Å². The molecule has 98 valence electrons. The third-order valence-electron chi connectivity index (χ3n) is 3.13. The Morgan fingerprint density at radius 3 is 2.59 bits per heavy atom. The summed E-state index contributed by atoms with van der Waals surface area (Å²) in [7, 11) is 0. The molecule has 1 fully saturated rings. The van der Waals surface area contributed by atoms with Crippen molar-refractivity contribution in [2.45, 2.75) is 58.2 Å². The standard InChI is InChI=1S/C12H23N3O2/c1-4-8(2)14-11(16)9(3)15-12(17)10-6-5-7-13-10/h8-10,13H,4-7H2,1-3H3,(H,14,16)(H,15,17). The van der Waals surface area contributed by atoms with Crippen LogP contribution in [0.25, 0.3) is 0 Å². The van der Waals surface area contributed by atoms with Gasteiger partial charge in [-0.1, -0.05) is 6.92 Å². The normalized spacial score (nSPS) is 22.9. The molecular formula is C12H23N3O2. The number of amides is 2. The van der Waals surface area contributed by atoms with Crippen LogP contribution >= 0.6 is 0 Å². The molecule has 0 saturated carbocycles. The van der Waals surface area contributed by atoms with E-state index in [0.717, 1.165) is 25.8 Å². The SMILES string of the molecule is CCC(C)NC(=O)C(C)NC(=O)C1CCCN1. The molecule has 0 spiro atoms. The van der Waals surface area contributed by atoms with E-state index in [1.165, 1.54) is 0 Å². The Labute approximate surface area is 103 Å². The Balaban J connectivity index is 2.34. The van der Waals surface area contributed by atoms with Gasteiger partial charge >= 0.3 is 0 Å². The summed E-state index contributed by atoms with van der Waals surface area (Å²) < 4.78 is 0. The van der Waals surface area contributed by atoms with Crippen molar-refractivity contribution >= 4 is 11.8 Å². The lowest BCUT2D eigenvalue weighted by atomic mass is 10.2. The molecule has 1 aliphatic heterocycles. The van der Waals surface area contributed by atoms with Gasteiger partial charge in [-0.15, -0.1) is 0 Å². The molecule has 3 unspecified atom stereocenters. The van der Waals surface area contributed by atoms with E-state index in [2.05, 4.69) is 16.0 Å². The van der Waals surface area contributed by atoms with Crippen molar-refractivity contribution in [1.82, 2.24) is 16.0 Å². The maximum atomic E-state index is 11.8. The van der Waals surface area contributed by atoms with E-state index in [0.29, 0.717) is 0 Å². The zero-order valence-electron chi connectivity index (χ0n) is 10.9. The number of hydrogen-bond acceptors (Lipinski definition) is 3. The lowest BCUT2D eigenvalue weighted by Crippen LogP contribution is -2.51. The minimum Gasteiger partial charge on any atom is -0.352 e. The molecule has 1 saturated heterocycles. The first-order valence-corrected chi connectivity index (χ1v) is 6.38. The lowest BCUT2D eigenvalue weighted by molar-refractivity contribution is -0.129. The van der Waals surface area contributed by atoms with Gasteiger partial charge in [-0.3, -0.25) is 9.59 Å². The second-order valence-corrected chi connectivity index (χ2v) is 4.70. The largest absolute Gasteiger partial charge is 0.352 e. The summed E-state index contributed by atoms with van der Waals surface area (Å²) in [5, 5.41) is 8.70. The van der Waals surface area contributed by atoms with E-state index in [9.17, 15) is 9.59 Å². The monoisotopic (exact) mass is 241 g/mol. The van der Waals surface area contributed by atoms with Crippen LogP contribution in [0.2, 0.25) is 0 Å². The zero-order chi connectivity index (χ0) is 12.8. The number of rotatable bonds is 5. The van der Waals surface area contributed by atoms with Gasteiger partial charge in [0.15, 0.2) is 0 Å². The van der Waals surface area contributed by atoms with Crippen molar-refractivity contribution in [1.29, 1.82) is 0 Å². The highest BCUT2D eigenvalue weighted by Crippen LogP contribution is 2.04. The van der Waals surface area contributed by atoms with Gasteiger partial charge < -0.3 is 16.0 Å². The summed E-state index contributed by atoms with van der Waals surface area (Å²) >= 11 is 0. The zero-order valence-corrected chi connectivity index (χ0v) is 10.9.